The van der Waals surface area contributed by atoms with Crippen LogP contribution in [0.2, 0.25) is 0 Å². The van der Waals surface area contributed by atoms with Crippen LogP contribution in [0.25, 0.3) is 0 Å². The highest BCUT2D eigenvalue weighted by Crippen LogP contribution is 2.39. The molecule has 7 nitrogen and oxygen atoms in total. The molecule has 3 atom stereocenters. The Morgan fingerprint density at radius 2 is 1.70 bits per heavy atom. The third kappa shape index (κ3) is 3.78. The second-order valence-electron chi connectivity index (χ2n) is 6.50. The quantitative estimate of drug-likeness (QED) is 0.666. The van der Waals surface area contributed by atoms with Crippen LogP contribution in [-0.4, -0.2) is 42.1 Å². The van der Waals surface area contributed by atoms with Gasteiger partial charge in [-0.2, -0.15) is 0 Å². The van der Waals surface area contributed by atoms with E-state index in [0.29, 0.717) is 17.7 Å². The Kier molecular flexibility index (Phi) is 5.41. The number of phenolic OH excluding ortho intramolecular Hbond substituents is 2. The maximum Gasteiger partial charge on any atom is 0.312 e. The minimum absolute atomic E-state index is 0.0350. The monoisotopic (exact) mass is 374 g/mol. The second kappa shape index (κ2) is 7.75. The zero-order valence-corrected chi connectivity index (χ0v) is 15.1. The van der Waals surface area contributed by atoms with E-state index in [4.69, 9.17) is 14.2 Å². The molecule has 0 amide bonds. The van der Waals surface area contributed by atoms with E-state index in [9.17, 15) is 20.1 Å². The maximum atomic E-state index is 12.3. The molecule has 144 valence electrons. The lowest BCUT2D eigenvalue weighted by atomic mass is 9.83. The van der Waals surface area contributed by atoms with E-state index in [-0.39, 0.29) is 29.8 Å². The molecule has 0 bridgehead atoms. The maximum absolute atomic E-state index is 12.3. The fraction of sp³-hybridized carbons (Fsp3) is 0.350. The van der Waals surface area contributed by atoms with Crippen LogP contribution in [0.1, 0.15) is 17.2 Å². The minimum Gasteiger partial charge on any atom is -0.504 e. The molecule has 1 heterocycles. The molecule has 0 aliphatic carbocycles. The molecule has 1 fully saturated rings. The fourth-order valence-electron chi connectivity index (χ4n) is 3.39. The third-order valence-corrected chi connectivity index (χ3v) is 4.85. The number of methoxy groups -OCH3 is 2. The van der Waals surface area contributed by atoms with Gasteiger partial charge < -0.3 is 29.5 Å². The first-order valence-corrected chi connectivity index (χ1v) is 8.52. The molecule has 2 aromatic carbocycles. The molecule has 1 aliphatic rings. The summed E-state index contributed by atoms with van der Waals surface area (Å²) in [6.07, 6.45) is -0.627. The lowest BCUT2D eigenvalue weighted by Crippen LogP contribution is -2.25. The summed E-state index contributed by atoms with van der Waals surface area (Å²) in [4.78, 5) is 12.3. The summed E-state index contributed by atoms with van der Waals surface area (Å²) in [7, 11) is 2.88. The van der Waals surface area contributed by atoms with Gasteiger partial charge in [-0.3, -0.25) is 4.79 Å². The smallest absolute Gasteiger partial charge is 0.312 e. The Morgan fingerprint density at radius 1 is 1.07 bits per heavy atom. The molecule has 2 aromatic rings. The van der Waals surface area contributed by atoms with E-state index in [0.717, 1.165) is 5.56 Å². The van der Waals surface area contributed by atoms with Gasteiger partial charge in [-0.25, -0.2) is 0 Å². The Balaban J connectivity index is 1.83. The van der Waals surface area contributed by atoms with Crippen LogP contribution in [0.5, 0.6) is 23.0 Å². The lowest BCUT2D eigenvalue weighted by Gasteiger charge is -2.22. The van der Waals surface area contributed by atoms with E-state index in [1.165, 1.54) is 32.4 Å². The van der Waals surface area contributed by atoms with Crippen molar-refractivity contribution in [2.75, 3.05) is 20.8 Å². The highest BCUT2D eigenvalue weighted by atomic mass is 16.5. The van der Waals surface area contributed by atoms with Crippen molar-refractivity contribution >= 4 is 5.97 Å². The summed E-state index contributed by atoms with van der Waals surface area (Å²) in [5, 5.41) is 30.2. The number of rotatable bonds is 6. The third-order valence-electron chi connectivity index (χ3n) is 4.85. The van der Waals surface area contributed by atoms with Gasteiger partial charge in [0.1, 0.15) is 0 Å². The average Bonchev–Trinajstić information content (AvgIpc) is 3.03. The van der Waals surface area contributed by atoms with Gasteiger partial charge in [-0.1, -0.05) is 12.1 Å². The molecule has 27 heavy (non-hydrogen) atoms. The van der Waals surface area contributed by atoms with Crippen molar-refractivity contribution in [2.24, 2.45) is 11.8 Å². The molecule has 1 aliphatic heterocycles. The number of phenols is 2. The molecule has 0 saturated carbocycles. The first-order valence-electron chi connectivity index (χ1n) is 8.52. The van der Waals surface area contributed by atoms with Crippen molar-refractivity contribution in [1.29, 1.82) is 0 Å². The number of aliphatic hydroxyl groups is 1. The van der Waals surface area contributed by atoms with E-state index in [1.54, 1.807) is 18.2 Å². The zero-order chi connectivity index (χ0) is 19.6. The summed E-state index contributed by atoms with van der Waals surface area (Å²) in [6.45, 7) is 0.193. The molecule has 1 saturated heterocycles. The van der Waals surface area contributed by atoms with Crippen LogP contribution in [0.15, 0.2) is 36.4 Å². The highest BCUT2D eigenvalue weighted by Gasteiger charge is 2.42. The number of hydrogen-bond donors (Lipinski definition) is 3. The first kappa shape index (κ1) is 18.8. The van der Waals surface area contributed by atoms with Crippen molar-refractivity contribution in [3.63, 3.8) is 0 Å². The zero-order valence-electron chi connectivity index (χ0n) is 15.1. The number of aliphatic hydroxyl groups excluding tert-OH is 1. The van der Waals surface area contributed by atoms with Crippen molar-refractivity contribution in [3.8, 4) is 23.0 Å². The van der Waals surface area contributed by atoms with Gasteiger partial charge in [0, 0.05) is 5.92 Å². The molecular weight excluding hydrogens is 352 g/mol. The Labute approximate surface area is 156 Å². The van der Waals surface area contributed by atoms with Gasteiger partial charge in [-0.15, -0.1) is 0 Å². The van der Waals surface area contributed by atoms with Crippen molar-refractivity contribution < 1.29 is 34.3 Å². The Hall–Kier alpha value is -2.93. The summed E-state index contributed by atoms with van der Waals surface area (Å²) >= 11 is 0. The number of cyclic esters (lactones) is 1. The average molecular weight is 374 g/mol. The second-order valence-corrected chi connectivity index (χ2v) is 6.50. The summed E-state index contributed by atoms with van der Waals surface area (Å²) in [5.41, 5.74) is 1.32. The van der Waals surface area contributed by atoms with Crippen LogP contribution in [0.3, 0.4) is 0 Å². The molecule has 0 aromatic heterocycles. The predicted molar refractivity (Wildman–Crippen MR) is 95.9 cm³/mol. The first-order chi connectivity index (χ1) is 12.9. The van der Waals surface area contributed by atoms with Gasteiger partial charge in [0.05, 0.1) is 32.8 Å². The number of carbonyl (C=O) groups is 1. The number of esters is 1. The van der Waals surface area contributed by atoms with Crippen molar-refractivity contribution in [1.82, 2.24) is 0 Å². The number of aromatic hydroxyl groups is 2. The molecular formula is C20H22O7. The van der Waals surface area contributed by atoms with E-state index >= 15 is 0 Å². The molecule has 3 N–H and O–H groups in total. The summed E-state index contributed by atoms with van der Waals surface area (Å²) < 4.78 is 15.4. The molecule has 0 spiro atoms. The standard InChI is InChI=1S/C20H22O7/c1-25-16-8-11(3-5-14(16)21)7-13-10-27-20(24)18(13)19(23)12-4-6-15(22)17(9-12)26-2/h3-6,8-9,13,18-19,21-23H,7,10H2,1-2H3. The number of hydrogen-bond acceptors (Lipinski definition) is 7. The van der Waals surface area contributed by atoms with Crippen LogP contribution >= 0.6 is 0 Å². The van der Waals surface area contributed by atoms with Crippen LogP contribution < -0.4 is 9.47 Å². The van der Waals surface area contributed by atoms with Crippen LogP contribution in [-0.2, 0) is 16.0 Å². The highest BCUT2D eigenvalue weighted by molar-refractivity contribution is 5.76. The van der Waals surface area contributed by atoms with E-state index < -0.39 is 18.0 Å². The van der Waals surface area contributed by atoms with Gasteiger partial charge in [0.25, 0.3) is 0 Å². The van der Waals surface area contributed by atoms with E-state index in [2.05, 4.69) is 0 Å². The fourth-order valence-corrected chi connectivity index (χ4v) is 3.39. The minimum atomic E-state index is -1.10. The van der Waals surface area contributed by atoms with Gasteiger partial charge in [0.2, 0.25) is 0 Å². The van der Waals surface area contributed by atoms with Crippen LogP contribution in [0, 0.1) is 11.8 Å². The Bertz CT molecular complexity index is 833. The molecule has 3 rings (SSSR count). The van der Waals surface area contributed by atoms with Gasteiger partial charge in [0.15, 0.2) is 23.0 Å². The summed E-state index contributed by atoms with van der Waals surface area (Å²) in [5.74, 6) is -0.912. The molecule has 3 unspecified atom stereocenters. The normalized spacial score (nSPS) is 20.2. The van der Waals surface area contributed by atoms with Gasteiger partial charge >= 0.3 is 5.97 Å². The SMILES string of the molecule is COc1cc(CC2COC(=O)C2C(O)c2ccc(O)c(OC)c2)ccc1O. The largest absolute Gasteiger partial charge is 0.504 e. The lowest BCUT2D eigenvalue weighted by molar-refractivity contribution is -0.144. The molecule has 7 heteroatoms. The van der Waals surface area contributed by atoms with Gasteiger partial charge in [-0.05, 0) is 41.8 Å². The number of carbonyl (C=O) groups excluding carboxylic acids is 1. The number of ether oxygens (including phenoxy) is 3. The Morgan fingerprint density at radius 3 is 2.37 bits per heavy atom. The van der Waals surface area contributed by atoms with Crippen molar-refractivity contribution in [3.05, 3.63) is 47.5 Å². The van der Waals surface area contributed by atoms with E-state index in [1.807, 2.05) is 0 Å². The van der Waals surface area contributed by atoms with Crippen LogP contribution in [0.4, 0.5) is 0 Å². The number of benzene rings is 2. The van der Waals surface area contributed by atoms with Crippen molar-refractivity contribution in [2.45, 2.75) is 12.5 Å². The summed E-state index contributed by atoms with van der Waals surface area (Å²) in [6, 6.07) is 9.44. The molecule has 0 radical (unpaired) electrons. The predicted octanol–water partition coefficient (Wildman–Crippen LogP) is 2.18. The topological polar surface area (TPSA) is 105 Å².